The van der Waals surface area contributed by atoms with Crippen LogP contribution in [0.1, 0.15) is 39.0 Å². The van der Waals surface area contributed by atoms with E-state index >= 15 is 0 Å². The van der Waals surface area contributed by atoms with Gasteiger partial charge in [-0.25, -0.2) is 4.79 Å². The van der Waals surface area contributed by atoms with Crippen molar-refractivity contribution in [2.24, 2.45) is 0 Å². The van der Waals surface area contributed by atoms with Gasteiger partial charge < -0.3 is 15.4 Å². The lowest BCUT2D eigenvalue weighted by Gasteiger charge is -2.12. The third kappa shape index (κ3) is 7.13. The summed E-state index contributed by atoms with van der Waals surface area (Å²) in [7, 11) is 0. The number of anilines is 1. The fourth-order valence-electron chi connectivity index (χ4n) is 3.90. The van der Waals surface area contributed by atoms with Gasteiger partial charge in [0, 0.05) is 28.6 Å². The van der Waals surface area contributed by atoms with E-state index < -0.39 is 16.8 Å². The molecule has 13 heteroatoms. The van der Waals surface area contributed by atoms with Crippen molar-refractivity contribution in [2.45, 2.75) is 25.5 Å². The van der Waals surface area contributed by atoms with Gasteiger partial charge in [0.1, 0.15) is 0 Å². The highest BCUT2D eigenvalue weighted by molar-refractivity contribution is 7.99. The minimum atomic E-state index is -0.531. The van der Waals surface area contributed by atoms with Gasteiger partial charge in [-0.15, -0.1) is 10.2 Å². The molecule has 2 N–H and O–H groups in total. The van der Waals surface area contributed by atoms with Crippen LogP contribution in [0.3, 0.4) is 0 Å². The second-order valence-electron chi connectivity index (χ2n) is 8.59. The molecule has 0 aliphatic carbocycles. The lowest BCUT2D eigenvalue weighted by molar-refractivity contribution is -0.385. The van der Waals surface area contributed by atoms with Crippen molar-refractivity contribution in [1.29, 1.82) is 0 Å². The molecule has 0 atom stereocenters. The third-order valence-corrected chi connectivity index (χ3v) is 6.81. The molecule has 12 nitrogen and oxygen atoms in total. The highest BCUT2D eigenvalue weighted by Crippen LogP contribution is 2.24. The van der Waals surface area contributed by atoms with Gasteiger partial charge in [0.25, 0.3) is 11.6 Å². The number of nitro groups is 1. The zero-order chi connectivity index (χ0) is 29.4. The van der Waals surface area contributed by atoms with E-state index in [0.717, 1.165) is 17.4 Å². The maximum atomic E-state index is 12.9. The van der Waals surface area contributed by atoms with Crippen LogP contribution in [0.15, 0.2) is 78.0 Å². The van der Waals surface area contributed by atoms with Crippen LogP contribution in [0.5, 0.6) is 0 Å². The smallest absolute Gasteiger partial charge is 0.338 e. The van der Waals surface area contributed by atoms with Crippen molar-refractivity contribution in [3.8, 4) is 5.69 Å². The van der Waals surface area contributed by atoms with Gasteiger partial charge in [-0.2, -0.15) is 0 Å². The first-order valence-electron chi connectivity index (χ1n) is 12.5. The van der Waals surface area contributed by atoms with Crippen LogP contribution in [-0.2, 0) is 16.1 Å². The Morgan fingerprint density at radius 1 is 1.00 bits per heavy atom. The summed E-state index contributed by atoms with van der Waals surface area (Å²) >= 11 is 1.16. The number of aromatic nitrogens is 3. The van der Waals surface area contributed by atoms with Crippen molar-refractivity contribution >= 4 is 40.9 Å². The molecule has 1 aromatic heterocycles. The van der Waals surface area contributed by atoms with Gasteiger partial charge in [0.2, 0.25) is 5.91 Å². The minimum Gasteiger partial charge on any atom is -0.462 e. The third-order valence-electron chi connectivity index (χ3n) is 5.88. The Hall–Kier alpha value is -5.04. The van der Waals surface area contributed by atoms with Crippen LogP contribution in [0.4, 0.5) is 11.4 Å². The first kappa shape index (κ1) is 29.0. The summed E-state index contributed by atoms with van der Waals surface area (Å²) in [6, 6.07) is 19.9. The fourth-order valence-corrected chi connectivity index (χ4v) is 4.67. The predicted molar refractivity (Wildman–Crippen MR) is 152 cm³/mol. The van der Waals surface area contributed by atoms with E-state index in [1.54, 1.807) is 35.8 Å². The van der Waals surface area contributed by atoms with Crippen molar-refractivity contribution in [2.75, 3.05) is 17.7 Å². The van der Waals surface area contributed by atoms with E-state index in [0.29, 0.717) is 22.2 Å². The molecule has 210 valence electrons. The number of nitrogens with one attached hydrogen (secondary N) is 2. The lowest BCUT2D eigenvalue weighted by Crippen LogP contribution is -2.25. The number of hydrogen-bond donors (Lipinski definition) is 2. The van der Waals surface area contributed by atoms with E-state index in [4.69, 9.17) is 4.74 Å². The number of carbonyl (C=O) groups is 3. The van der Waals surface area contributed by atoms with Gasteiger partial charge in [0.15, 0.2) is 11.0 Å². The van der Waals surface area contributed by atoms with Crippen molar-refractivity contribution in [1.82, 2.24) is 20.1 Å². The monoisotopic (exact) mass is 574 g/mol. The molecule has 4 rings (SSSR count). The number of nitro benzene ring substituents is 1. The summed E-state index contributed by atoms with van der Waals surface area (Å²) < 4.78 is 6.69. The van der Waals surface area contributed by atoms with Crippen LogP contribution >= 0.6 is 11.8 Å². The molecule has 1 heterocycles. The van der Waals surface area contributed by atoms with Gasteiger partial charge in [-0.1, -0.05) is 36.0 Å². The quantitative estimate of drug-likeness (QED) is 0.115. The number of esters is 1. The molecule has 0 unspecified atom stereocenters. The van der Waals surface area contributed by atoms with E-state index in [1.165, 1.54) is 25.1 Å². The molecule has 3 aromatic carbocycles. The average Bonchev–Trinajstić information content (AvgIpc) is 3.38. The zero-order valence-corrected chi connectivity index (χ0v) is 23.0. The Morgan fingerprint density at radius 2 is 1.73 bits per heavy atom. The molecular formula is C28H26N6O6S. The van der Waals surface area contributed by atoms with E-state index in [-0.39, 0.29) is 41.6 Å². The van der Waals surface area contributed by atoms with Gasteiger partial charge in [0.05, 0.1) is 29.4 Å². The molecule has 0 saturated carbocycles. The zero-order valence-electron chi connectivity index (χ0n) is 22.2. The molecule has 0 saturated heterocycles. The number of carbonyl (C=O) groups excluding carboxylic acids is 3. The number of ether oxygens (including phenoxy) is 1. The number of amides is 2. The molecular weight excluding hydrogens is 548 g/mol. The van der Waals surface area contributed by atoms with Crippen molar-refractivity contribution in [3.63, 3.8) is 0 Å². The van der Waals surface area contributed by atoms with Gasteiger partial charge >= 0.3 is 5.97 Å². The number of rotatable bonds is 11. The van der Waals surface area contributed by atoms with Crippen molar-refractivity contribution < 1.29 is 24.0 Å². The SMILES string of the molecule is CCOC(=O)c1ccc(NC(=O)CSc2nnc(CNC(=O)c3cccc([N+](=O)[O-])c3C)n2-c2ccccc2)cc1. The first-order chi connectivity index (χ1) is 19.8. The van der Waals surface area contributed by atoms with Gasteiger partial charge in [-0.05, 0) is 56.3 Å². The van der Waals surface area contributed by atoms with E-state index in [1.807, 2.05) is 30.3 Å². The fraction of sp³-hybridized carbons (Fsp3) is 0.179. The number of thioether (sulfide) groups is 1. The molecule has 2 amide bonds. The second kappa shape index (κ2) is 13.3. The number of hydrogen-bond acceptors (Lipinski definition) is 9. The van der Waals surface area contributed by atoms with Gasteiger partial charge in [-0.3, -0.25) is 24.3 Å². The second-order valence-corrected chi connectivity index (χ2v) is 9.54. The Bertz CT molecular complexity index is 1570. The molecule has 0 fully saturated rings. The molecule has 41 heavy (non-hydrogen) atoms. The summed E-state index contributed by atoms with van der Waals surface area (Å²) in [4.78, 5) is 48.1. The summed E-state index contributed by atoms with van der Waals surface area (Å²) in [5.41, 5.74) is 1.94. The highest BCUT2D eigenvalue weighted by Gasteiger charge is 2.20. The Labute approximate surface area is 239 Å². The van der Waals surface area contributed by atoms with Crippen molar-refractivity contribution in [3.05, 3.63) is 105 Å². The summed E-state index contributed by atoms with van der Waals surface area (Å²) in [5.74, 6) is -0.795. The largest absolute Gasteiger partial charge is 0.462 e. The number of nitrogens with zero attached hydrogens (tertiary/aromatic N) is 4. The average molecular weight is 575 g/mol. The maximum absolute atomic E-state index is 12.9. The van der Waals surface area contributed by atoms with E-state index in [9.17, 15) is 24.5 Å². The van der Waals surface area contributed by atoms with Crippen LogP contribution in [0.25, 0.3) is 5.69 Å². The van der Waals surface area contributed by atoms with Crippen LogP contribution in [0, 0.1) is 17.0 Å². The highest BCUT2D eigenvalue weighted by atomic mass is 32.2. The van der Waals surface area contributed by atoms with Crippen LogP contribution in [0.2, 0.25) is 0 Å². The lowest BCUT2D eigenvalue weighted by atomic mass is 10.1. The molecule has 0 spiro atoms. The Morgan fingerprint density at radius 3 is 2.41 bits per heavy atom. The topological polar surface area (TPSA) is 158 Å². The van der Waals surface area contributed by atoms with Crippen LogP contribution < -0.4 is 10.6 Å². The summed E-state index contributed by atoms with van der Waals surface area (Å²) in [6.45, 7) is 3.51. The normalized spacial score (nSPS) is 10.6. The molecule has 0 aliphatic heterocycles. The summed E-state index contributed by atoms with van der Waals surface area (Å²) in [5, 5.41) is 25.7. The minimum absolute atomic E-state index is 0.0115. The molecule has 4 aromatic rings. The number of benzene rings is 3. The standard InChI is InChI=1S/C28H26N6O6S/c1-3-40-27(37)19-12-14-20(15-13-19)30-25(35)17-41-28-32-31-24(33(28)21-8-5-4-6-9-21)16-29-26(36)22-10-7-11-23(18(22)2)34(38)39/h4-15H,3,16-17H2,1-2H3,(H,29,36)(H,30,35). The predicted octanol–water partition coefficient (Wildman–Crippen LogP) is 4.32. The number of para-hydroxylation sites is 1. The van der Waals surface area contributed by atoms with E-state index in [2.05, 4.69) is 20.8 Å². The maximum Gasteiger partial charge on any atom is 0.338 e. The Kier molecular flexibility index (Phi) is 9.43. The first-order valence-corrected chi connectivity index (χ1v) is 13.5. The summed E-state index contributed by atoms with van der Waals surface area (Å²) in [6.07, 6.45) is 0. The Balaban J connectivity index is 1.45. The molecule has 0 bridgehead atoms. The molecule has 0 aliphatic rings. The molecule has 0 radical (unpaired) electrons. The van der Waals surface area contributed by atoms with Crippen LogP contribution in [-0.4, -0.2) is 49.8 Å².